The Balaban J connectivity index is 1.46. The zero-order chi connectivity index (χ0) is 17.5. The molecule has 2 saturated heterocycles. The Morgan fingerprint density at radius 2 is 2.08 bits per heavy atom. The molecule has 2 fully saturated rings. The summed E-state index contributed by atoms with van der Waals surface area (Å²) < 4.78 is 0. The number of anilines is 1. The van der Waals surface area contributed by atoms with E-state index in [1.807, 2.05) is 12.3 Å². The van der Waals surface area contributed by atoms with Crippen molar-refractivity contribution in [1.82, 2.24) is 15.6 Å². The smallest absolute Gasteiger partial charge is 0.220 e. The third-order valence-electron chi connectivity index (χ3n) is 5.68. The predicted octanol–water partition coefficient (Wildman–Crippen LogP) is 2.71. The summed E-state index contributed by atoms with van der Waals surface area (Å²) >= 11 is 0. The van der Waals surface area contributed by atoms with Crippen LogP contribution in [-0.2, 0) is 11.3 Å². The Bertz CT molecular complexity index is 550. The van der Waals surface area contributed by atoms with Crippen LogP contribution in [0.2, 0.25) is 0 Å². The molecular weight excluding hydrogens is 312 g/mol. The second kappa shape index (κ2) is 9.18. The molecule has 5 nitrogen and oxygen atoms in total. The maximum Gasteiger partial charge on any atom is 0.220 e. The van der Waals surface area contributed by atoms with Crippen LogP contribution in [-0.4, -0.2) is 37.1 Å². The van der Waals surface area contributed by atoms with Gasteiger partial charge in [-0.25, -0.2) is 4.98 Å². The number of piperidine rings is 2. The van der Waals surface area contributed by atoms with Crippen molar-refractivity contribution in [3.63, 3.8) is 0 Å². The highest BCUT2D eigenvalue weighted by Crippen LogP contribution is 2.24. The van der Waals surface area contributed by atoms with Crippen molar-refractivity contribution in [2.45, 2.75) is 52.0 Å². The van der Waals surface area contributed by atoms with E-state index in [9.17, 15) is 4.79 Å². The predicted molar refractivity (Wildman–Crippen MR) is 102 cm³/mol. The minimum absolute atomic E-state index is 0.169. The first-order chi connectivity index (χ1) is 12.2. The molecule has 5 heteroatoms. The fourth-order valence-corrected chi connectivity index (χ4v) is 4.01. The van der Waals surface area contributed by atoms with Gasteiger partial charge in [-0.3, -0.25) is 4.79 Å². The molecule has 0 spiro atoms. The lowest BCUT2D eigenvalue weighted by Crippen LogP contribution is -2.33. The average Bonchev–Trinajstić information content (AvgIpc) is 2.68. The fourth-order valence-electron chi connectivity index (χ4n) is 4.01. The highest BCUT2D eigenvalue weighted by molar-refractivity contribution is 5.76. The second-order valence-electron chi connectivity index (χ2n) is 7.62. The van der Waals surface area contributed by atoms with Crippen LogP contribution in [0.4, 0.5) is 5.82 Å². The lowest BCUT2D eigenvalue weighted by molar-refractivity contribution is -0.122. The van der Waals surface area contributed by atoms with Crippen molar-refractivity contribution < 1.29 is 4.79 Å². The summed E-state index contributed by atoms with van der Waals surface area (Å²) in [7, 11) is 0. The Morgan fingerprint density at radius 1 is 1.32 bits per heavy atom. The van der Waals surface area contributed by atoms with Gasteiger partial charge in [-0.1, -0.05) is 6.92 Å². The number of carbonyl (C=O) groups is 1. The van der Waals surface area contributed by atoms with Crippen molar-refractivity contribution in [3.8, 4) is 0 Å². The number of nitrogens with zero attached hydrogens (tertiary/aromatic N) is 2. The van der Waals surface area contributed by atoms with E-state index in [4.69, 9.17) is 0 Å². The van der Waals surface area contributed by atoms with E-state index < -0.39 is 0 Å². The van der Waals surface area contributed by atoms with Crippen molar-refractivity contribution >= 4 is 11.7 Å². The van der Waals surface area contributed by atoms with Crippen molar-refractivity contribution in [2.75, 3.05) is 31.1 Å². The molecule has 3 heterocycles. The Labute approximate surface area is 151 Å². The van der Waals surface area contributed by atoms with E-state index in [0.29, 0.717) is 24.8 Å². The Hall–Kier alpha value is -1.62. The summed E-state index contributed by atoms with van der Waals surface area (Å²) in [6.07, 6.45) is 8.70. The molecule has 0 bridgehead atoms. The SMILES string of the molecule is CC(CC(=O)NCc1ccnc(N2CCCCC2)c1)C1CCNCC1. The standard InChI is InChI=1S/C20H32N4O/c1-16(18-6-8-21-9-7-18)13-20(25)23-15-17-5-10-22-19(14-17)24-11-3-2-4-12-24/h5,10,14,16,18,21H,2-4,6-9,11-13,15H2,1H3,(H,23,25). The van der Waals surface area contributed by atoms with Crippen LogP contribution in [0.15, 0.2) is 18.3 Å². The first-order valence-corrected chi connectivity index (χ1v) is 9.89. The molecule has 0 aliphatic carbocycles. The number of nitrogens with one attached hydrogen (secondary N) is 2. The quantitative estimate of drug-likeness (QED) is 0.833. The van der Waals surface area contributed by atoms with E-state index in [0.717, 1.165) is 37.6 Å². The lowest BCUT2D eigenvalue weighted by Gasteiger charge is -2.28. The van der Waals surface area contributed by atoms with E-state index in [1.54, 1.807) is 0 Å². The molecule has 25 heavy (non-hydrogen) atoms. The van der Waals surface area contributed by atoms with Gasteiger partial charge in [0.1, 0.15) is 5.82 Å². The van der Waals surface area contributed by atoms with Crippen molar-refractivity contribution in [2.24, 2.45) is 11.8 Å². The van der Waals surface area contributed by atoms with Crippen LogP contribution in [0.25, 0.3) is 0 Å². The highest BCUT2D eigenvalue weighted by Gasteiger charge is 2.22. The summed E-state index contributed by atoms with van der Waals surface area (Å²) in [5, 5.41) is 6.49. The molecule has 2 aliphatic rings. The largest absolute Gasteiger partial charge is 0.357 e. The van der Waals surface area contributed by atoms with Gasteiger partial charge in [-0.15, -0.1) is 0 Å². The van der Waals surface area contributed by atoms with Crippen LogP contribution in [0.5, 0.6) is 0 Å². The van der Waals surface area contributed by atoms with Gasteiger partial charge in [0.2, 0.25) is 5.91 Å². The van der Waals surface area contributed by atoms with E-state index in [-0.39, 0.29) is 5.91 Å². The van der Waals surface area contributed by atoms with Crippen molar-refractivity contribution in [1.29, 1.82) is 0 Å². The van der Waals surface area contributed by atoms with Gasteiger partial charge in [0.05, 0.1) is 0 Å². The van der Waals surface area contributed by atoms with Gasteiger partial charge in [-0.05, 0) is 74.7 Å². The number of aromatic nitrogens is 1. The average molecular weight is 345 g/mol. The molecule has 0 saturated carbocycles. The summed E-state index contributed by atoms with van der Waals surface area (Å²) in [6.45, 7) is 7.19. The van der Waals surface area contributed by atoms with Gasteiger partial charge in [-0.2, -0.15) is 0 Å². The number of carbonyl (C=O) groups excluding carboxylic acids is 1. The van der Waals surface area contributed by atoms with Gasteiger partial charge >= 0.3 is 0 Å². The third kappa shape index (κ3) is 5.43. The third-order valence-corrected chi connectivity index (χ3v) is 5.68. The van der Waals surface area contributed by atoms with E-state index >= 15 is 0 Å². The van der Waals surface area contributed by atoms with E-state index in [2.05, 4.69) is 33.5 Å². The number of rotatable bonds is 6. The van der Waals surface area contributed by atoms with Gasteiger partial charge < -0.3 is 15.5 Å². The number of hydrogen-bond acceptors (Lipinski definition) is 4. The molecule has 2 aliphatic heterocycles. The minimum Gasteiger partial charge on any atom is -0.357 e. The number of amides is 1. The summed E-state index contributed by atoms with van der Waals surface area (Å²) in [5.74, 6) is 2.36. The zero-order valence-corrected chi connectivity index (χ0v) is 15.5. The van der Waals surface area contributed by atoms with Gasteiger partial charge in [0.25, 0.3) is 0 Å². The van der Waals surface area contributed by atoms with E-state index in [1.165, 1.54) is 32.1 Å². The fraction of sp³-hybridized carbons (Fsp3) is 0.700. The maximum absolute atomic E-state index is 12.3. The van der Waals surface area contributed by atoms with Crippen molar-refractivity contribution in [3.05, 3.63) is 23.9 Å². The van der Waals surface area contributed by atoms with Crippen LogP contribution in [0, 0.1) is 11.8 Å². The molecule has 1 aromatic rings. The molecule has 1 unspecified atom stereocenters. The summed E-state index contributed by atoms with van der Waals surface area (Å²) in [5.41, 5.74) is 1.14. The molecular formula is C20H32N4O. The van der Waals surface area contributed by atoms with Crippen LogP contribution >= 0.6 is 0 Å². The van der Waals surface area contributed by atoms with Crippen LogP contribution in [0.3, 0.4) is 0 Å². The summed E-state index contributed by atoms with van der Waals surface area (Å²) in [6, 6.07) is 4.13. The lowest BCUT2D eigenvalue weighted by atomic mass is 9.84. The summed E-state index contributed by atoms with van der Waals surface area (Å²) in [4.78, 5) is 19.2. The minimum atomic E-state index is 0.169. The molecule has 138 valence electrons. The maximum atomic E-state index is 12.3. The first kappa shape index (κ1) is 18.2. The molecule has 1 aromatic heterocycles. The molecule has 2 N–H and O–H groups in total. The first-order valence-electron chi connectivity index (χ1n) is 9.89. The van der Waals surface area contributed by atoms with Crippen LogP contribution < -0.4 is 15.5 Å². The molecule has 1 amide bonds. The normalized spacial score (nSPS) is 20.3. The topological polar surface area (TPSA) is 57.3 Å². The highest BCUT2D eigenvalue weighted by atomic mass is 16.1. The second-order valence-corrected chi connectivity index (χ2v) is 7.62. The Kier molecular flexibility index (Phi) is 6.68. The number of pyridine rings is 1. The van der Waals surface area contributed by atoms with Gasteiger partial charge in [0.15, 0.2) is 0 Å². The van der Waals surface area contributed by atoms with Crippen LogP contribution in [0.1, 0.15) is 51.0 Å². The zero-order valence-electron chi connectivity index (χ0n) is 15.5. The monoisotopic (exact) mass is 344 g/mol. The Morgan fingerprint density at radius 3 is 2.84 bits per heavy atom. The van der Waals surface area contributed by atoms with Gasteiger partial charge in [0, 0.05) is 32.3 Å². The molecule has 0 radical (unpaired) electrons. The molecule has 0 aromatic carbocycles. The number of hydrogen-bond donors (Lipinski definition) is 2. The molecule has 3 rings (SSSR count). The molecule has 1 atom stereocenters.